The third-order valence-electron chi connectivity index (χ3n) is 5.40. The van der Waals surface area contributed by atoms with E-state index in [0.717, 1.165) is 25.2 Å². The molecule has 1 fully saturated rings. The van der Waals surface area contributed by atoms with Crippen LogP contribution in [0, 0.1) is 6.92 Å². The lowest BCUT2D eigenvalue weighted by molar-refractivity contribution is 0.102. The molecule has 2 aromatic carbocycles. The Morgan fingerprint density at radius 3 is 2.61 bits per heavy atom. The van der Waals surface area contributed by atoms with E-state index in [2.05, 4.69) is 21.0 Å². The van der Waals surface area contributed by atoms with Gasteiger partial charge in [0.25, 0.3) is 5.91 Å². The number of amides is 1. The molecule has 0 aliphatic carbocycles. The number of methoxy groups -OCH3 is 1. The average molecular weight is 446 g/mol. The maximum absolute atomic E-state index is 12.9. The molecule has 0 atom stereocenters. The Morgan fingerprint density at radius 1 is 1.10 bits per heavy atom. The first-order chi connectivity index (χ1) is 14.9. The van der Waals surface area contributed by atoms with Crippen molar-refractivity contribution in [3.63, 3.8) is 0 Å². The second-order valence-corrected chi connectivity index (χ2v) is 9.63. The topological polar surface area (TPSA) is 87.7 Å². The highest BCUT2D eigenvalue weighted by molar-refractivity contribution is 7.89. The Labute approximate surface area is 184 Å². The summed E-state index contributed by atoms with van der Waals surface area (Å²) in [6.45, 7) is 5.30. The lowest BCUT2D eigenvalue weighted by atomic mass is 10.1. The second kappa shape index (κ2) is 10.9. The van der Waals surface area contributed by atoms with Crippen molar-refractivity contribution in [1.29, 1.82) is 0 Å². The van der Waals surface area contributed by atoms with Crippen LogP contribution >= 0.6 is 0 Å². The van der Waals surface area contributed by atoms with Crippen molar-refractivity contribution < 1.29 is 17.9 Å². The predicted octanol–water partition coefficient (Wildman–Crippen LogP) is 3.16. The van der Waals surface area contributed by atoms with Crippen molar-refractivity contribution in [3.8, 4) is 0 Å². The van der Waals surface area contributed by atoms with E-state index in [1.165, 1.54) is 38.5 Å². The molecule has 0 bridgehead atoms. The van der Waals surface area contributed by atoms with Gasteiger partial charge in [-0.25, -0.2) is 13.1 Å². The monoisotopic (exact) mass is 445 g/mol. The Hall–Kier alpha value is -2.26. The molecular formula is C23H31N3O4S. The van der Waals surface area contributed by atoms with E-state index in [9.17, 15) is 13.2 Å². The summed E-state index contributed by atoms with van der Waals surface area (Å²) in [5, 5.41) is 2.91. The van der Waals surface area contributed by atoms with Crippen molar-refractivity contribution in [2.45, 2.75) is 37.6 Å². The minimum Gasteiger partial charge on any atom is -0.383 e. The number of sulfonamides is 1. The zero-order valence-corrected chi connectivity index (χ0v) is 19.0. The van der Waals surface area contributed by atoms with Crippen LogP contribution in [0.1, 0.15) is 40.7 Å². The Bertz CT molecular complexity index is 1000. The molecule has 0 radical (unpaired) electrons. The number of anilines is 1. The highest BCUT2D eigenvalue weighted by Crippen LogP contribution is 2.20. The van der Waals surface area contributed by atoms with Crippen molar-refractivity contribution in [2.75, 3.05) is 38.7 Å². The van der Waals surface area contributed by atoms with E-state index in [0.29, 0.717) is 16.8 Å². The molecule has 1 aliphatic heterocycles. The van der Waals surface area contributed by atoms with E-state index < -0.39 is 10.0 Å². The van der Waals surface area contributed by atoms with Gasteiger partial charge in [0.1, 0.15) is 0 Å². The molecule has 0 aromatic heterocycles. The van der Waals surface area contributed by atoms with E-state index in [-0.39, 0.29) is 24.0 Å². The largest absolute Gasteiger partial charge is 0.383 e. The summed E-state index contributed by atoms with van der Waals surface area (Å²) in [5.74, 6) is -0.332. The maximum atomic E-state index is 12.9. The standard InChI is InChI=1S/C23H31N3O4S/c1-18-9-10-21(31(28,29)24-11-14-30-2)16-22(18)23(27)25-20-8-6-7-19(15-20)17-26-12-4-3-5-13-26/h6-10,15-16,24H,3-5,11-14,17H2,1-2H3,(H,25,27). The van der Waals surface area contributed by atoms with Crippen LogP contribution in [0.5, 0.6) is 0 Å². The number of hydrogen-bond donors (Lipinski definition) is 2. The lowest BCUT2D eigenvalue weighted by Crippen LogP contribution is -2.29. The number of nitrogens with one attached hydrogen (secondary N) is 2. The highest BCUT2D eigenvalue weighted by Gasteiger charge is 2.18. The zero-order valence-electron chi connectivity index (χ0n) is 18.2. The minimum absolute atomic E-state index is 0.0539. The van der Waals surface area contributed by atoms with Crippen molar-refractivity contribution in [3.05, 3.63) is 59.2 Å². The molecule has 1 heterocycles. The summed E-state index contributed by atoms with van der Waals surface area (Å²) < 4.78 is 32.3. The fraction of sp³-hybridized carbons (Fsp3) is 0.435. The molecule has 31 heavy (non-hydrogen) atoms. The van der Waals surface area contributed by atoms with Gasteiger partial charge in [-0.05, 0) is 68.2 Å². The molecule has 7 nitrogen and oxygen atoms in total. The van der Waals surface area contributed by atoms with Crippen LogP contribution in [0.2, 0.25) is 0 Å². The van der Waals surface area contributed by atoms with Gasteiger partial charge in [-0.15, -0.1) is 0 Å². The molecule has 2 aromatic rings. The van der Waals surface area contributed by atoms with Crippen LogP contribution in [0.3, 0.4) is 0 Å². The third kappa shape index (κ3) is 6.61. The van der Waals surface area contributed by atoms with Gasteiger partial charge in [-0.2, -0.15) is 0 Å². The number of likely N-dealkylation sites (tertiary alicyclic amines) is 1. The van der Waals surface area contributed by atoms with Gasteiger partial charge in [0.05, 0.1) is 11.5 Å². The molecule has 3 rings (SSSR count). The summed E-state index contributed by atoms with van der Waals surface area (Å²) in [7, 11) is -2.21. The van der Waals surface area contributed by atoms with Crippen LogP contribution in [0.15, 0.2) is 47.4 Å². The van der Waals surface area contributed by atoms with Crippen molar-refractivity contribution in [2.24, 2.45) is 0 Å². The number of carbonyl (C=O) groups is 1. The van der Waals surface area contributed by atoms with Crippen molar-refractivity contribution in [1.82, 2.24) is 9.62 Å². The average Bonchev–Trinajstić information content (AvgIpc) is 2.75. The lowest BCUT2D eigenvalue weighted by Gasteiger charge is -2.26. The molecule has 0 saturated carbocycles. The van der Waals surface area contributed by atoms with E-state index in [4.69, 9.17) is 4.74 Å². The van der Waals surface area contributed by atoms with Crippen molar-refractivity contribution >= 4 is 21.6 Å². The first-order valence-corrected chi connectivity index (χ1v) is 12.1. The summed E-state index contributed by atoms with van der Waals surface area (Å²) in [6.07, 6.45) is 3.76. The van der Waals surface area contributed by atoms with Crippen LogP contribution in [-0.2, 0) is 21.3 Å². The second-order valence-electron chi connectivity index (χ2n) is 7.86. The fourth-order valence-electron chi connectivity index (χ4n) is 3.70. The van der Waals surface area contributed by atoms with E-state index in [1.54, 1.807) is 13.0 Å². The van der Waals surface area contributed by atoms with Crippen LogP contribution in [0.25, 0.3) is 0 Å². The van der Waals surface area contributed by atoms with Crippen LogP contribution in [0.4, 0.5) is 5.69 Å². The molecule has 0 unspecified atom stereocenters. The summed E-state index contributed by atoms with van der Waals surface area (Å²) in [6, 6.07) is 12.4. The van der Waals surface area contributed by atoms with Gasteiger partial charge < -0.3 is 10.1 Å². The Kier molecular flexibility index (Phi) is 8.20. The van der Waals surface area contributed by atoms with Crippen LogP contribution in [-0.4, -0.2) is 52.6 Å². The number of carbonyl (C=O) groups excluding carboxylic acids is 1. The molecule has 1 aliphatic rings. The van der Waals surface area contributed by atoms with Gasteiger partial charge in [0, 0.05) is 31.5 Å². The molecule has 0 spiro atoms. The Balaban J connectivity index is 1.72. The number of ether oxygens (including phenoxy) is 1. The van der Waals surface area contributed by atoms with Gasteiger partial charge in [-0.1, -0.05) is 24.6 Å². The number of hydrogen-bond acceptors (Lipinski definition) is 5. The number of aryl methyl sites for hydroxylation is 1. The molecular weight excluding hydrogens is 414 g/mol. The molecule has 2 N–H and O–H groups in total. The molecule has 1 amide bonds. The smallest absolute Gasteiger partial charge is 0.255 e. The Morgan fingerprint density at radius 2 is 1.87 bits per heavy atom. The summed E-state index contributed by atoms with van der Waals surface area (Å²) >= 11 is 0. The SMILES string of the molecule is COCCNS(=O)(=O)c1ccc(C)c(C(=O)Nc2cccc(CN3CCCCC3)c2)c1. The summed E-state index contributed by atoms with van der Waals surface area (Å²) in [4.78, 5) is 15.4. The number of benzene rings is 2. The summed E-state index contributed by atoms with van der Waals surface area (Å²) in [5.41, 5.74) is 2.88. The molecule has 168 valence electrons. The third-order valence-corrected chi connectivity index (χ3v) is 6.86. The minimum atomic E-state index is -3.72. The maximum Gasteiger partial charge on any atom is 0.255 e. The van der Waals surface area contributed by atoms with Gasteiger partial charge >= 0.3 is 0 Å². The first kappa shape index (κ1) is 23.4. The predicted molar refractivity (Wildman–Crippen MR) is 122 cm³/mol. The quantitative estimate of drug-likeness (QED) is 0.579. The fourth-order valence-corrected chi connectivity index (χ4v) is 4.73. The number of rotatable bonds is 9. The zero-order chi connectivity index (χ0) is 22.3. The van der Waals surface area contributed by atoms with Gasteiger partial charge in [0.15, 0.2) is 0 Å². The normalized spacial score (nSPS) is 15.0. The van der Waals surface area contributed by atoms with Crippen LogP contribution < -0.4 is 10.0 Å². The highest BCUT2D eigenvalue weighted by atomic mass is 32.2. The van der Waals surface area contributed by atoms with E-state index in [1.807, 2.05) is 18.2 Å². The molecule has 8 heteroatoms. The van der Waals surface area contributed by atoms with Gasteiger partial charge in [-0.3, -0.25) is 9.69 Å². The molecule has 1 saturated heterocycles. The number of piperidine rings is 1. The van der Waals surface area contributed by atoms with Gasteiger partial charge in [0.2, 0.25) is 10.0 Å². The first-order valence-electron chi connectivity index (χ1n) is 10.6. The van der Waals surface area contributed by atoms with E-state index >= 15 is 0 Å². The number of nitrogens with zero attached hydrogens (tertiary/aromatic N) is 1.